The van der Waals surface area contributed by atoms with Gasteiger partial charge in [-0.05, 0) is 30.7 Å². The van der Waals surface area contributed by atoms with Gasteiger partial charge in [-0.1, -0.05) is 17.7 Å². The molecule has 5 heteroatoms. The van der Waals surface area contributed by atoms with Crippen molar-refractivity contribution in [2.45, 2.75) is 13.0 Å². The van der Waals surface area contributed by atoms with Crippen molar-refractivity contribution < 1.29 is 9.47 Å². The Bertz CT molecular complexity index is 604. The molecule has 2 aromatic rings. The molecule has 98 valence electrons. The number of hydrogen-bond acceptors (Lipinski definition) is 4. The quantitative estimate of drug-likeness (QED) is 0.929. The van der Waals surface area contributed by atoms with Crippen LogP contribution in [-0.2, 0) is 0 Å². The Hall–Kier alpha value is -1.94. The fraction of sp³-hybridized carbons (Fsp3) is 0.214. The Labute approximate surface area is 116 Å². The molecular weight excluding hydrogens is 264 g/mol. The highest BCUT2D eigenvalue weighted by Gasteiger charge is 2.16. The van der Waals surface area contributed by atoms with E-state index in [1.54, 1.807) is 12.4 Å². The van der Waals surface area contributed by atoms with Gasteiger partial charge in [-0.15, -0.1) is 0 Å². The van der Waals surface area contributed by atoms with E-state index >= 15 is 0 Å². The number of rotatable bonds is 3. The first-order chi connectivity index (χ1) is 9.24. The van der Waals surface area contributed by atoms with Gasteiger partial charge in [0, 0.05) is 18.4 Å². The molecule has 1 aromatic carbocycles. The third-order valence-electron chi connectivity index (χ3n) is 3.04. The summed E-state index contributed by atoms with van der Waals surface area (Å²) in [5.41, 5.74) is 1.97. The van der Waals surface area contributed by atoms with Gasteiger partial charge in [-0.2, -0.15) is 0 Å². The minimum absolute atomic E-state index is 0.106. The van der Waals surface area contributed by atoms with Gasteiger partial charge in [0.05, 0.1) is 10.7 Å². The summed E-state index contributed by atoms with van der Waals surface area (Å²) in [6.45, 7) is 2.35. The lowest BCUT2D eigenvalue weighted by Crippen LogP contribution is -2.07. The third kappa shape index (κ3) is 2.44. The Morgan fingerprint density at radius 3 is 2.95 bits per heavy atom. The van der Waals surface area contributed by atoms with E-state index in [-0.39, 0.29) is 12.8 Å². The van der Waals surface area contributed by atoms with Crippen LogP contribution in [0.25, 0.3) is 0 Å². The van der Waals surface area contributed by atoms with Crippen molar-refractivity contribution in [3.8, 4) is 11.5 Å². The normalized spacial score (nSPS) is 14.2. The predicted molar refractivity (Wildman–Crippen MR) is 73.8 cm³/mol. The summed E-state index contributed by atoms with van der Waals surface area (Å²) in [5, 5.41) is 3.96. The molecular formula is C14H13ClN2O2. The average Bonchev–Trinajstić information content (AvgIpc) is 2.88. The highest BCUT2D eigenvalue weighted by Crippen LogP contribution is 2.35. The second kappa shape index (κ2) is 4.97. The van der Waals surface area contributed by atoms with E-state index in [4.69, 9.17) is 21.1 Å². The molecule has 0 saturated carbocycles. The van der Waals surface area contributed by atoms with Crippen LogP contribution >= 0.6 is 11.6 Å². The molecule has 1 aromatic heterocycles. The number of hydrogen-bond donors (Lipinski definition) is 1. The maximum Gasteiger partial charge on any atom is 0.231 e. The van der Waals surface area contributed by atoms with Crippen molar-refractivity contribution in [3.05, 3.63) is 47.2 Å². The van der Waals surface area contributed by atoms with E-state index in [1.807, 2.05) is 24.3 Å². The Kier molecular flexibility index (Phi) is 3.17. The van der Waals surface area contributed by atoms with Crippen molar-refractivity contribution in [1.29, 1.82) is 0 Å². The first-order valence-electron chi connectivity index (χ1n) is 5.99. The van der Waals surface area contributed by atoms with Gasteiger partial charge >= 0.3 is 0 Å². The number of ether oxygens (including phenoxy) is 2. The molecule has 3 rings (SSSR count). The topological polar surface area (TPSA) is 43.4 Å². The number of halogens is 1. The van der Waals surface area contributed by atoms with Crippen LogP contribution in [0.2, 0.25) is 5.02 Å². The highest BCUT2D eigenvalue weighted by molar-refractivity contribution is 6.33. The molecule has 1 aliphatic heterocycles. The molecule has 1 N–H and O–H groups in total. The number of nitrogens with zero attached hydrogens (tertiary/aromatic N) is 1. The van der Waals surface area contributed by atoms with Gasteiger partial charge in [0.15, 0.2) is 11.5 Å². The molecule has 0 fully saturated rings. The molecule has 2 heterocycles. The number of anilines is 1. The van der Waals surface area contributed by atoms with Crippen molar-refractivity contribution >= 4 is 17.3 Å². The molecule has 0 saturated heterocycles. The number of pyridine rings is 1. The Morgan fingerprint density at radius 2 is 2.11 bits per heavy atom. The van der Waals surface area contributed by atoms with Gasteiger partial charge in [-0.25, -0.2) is 0 Å². The zero-order chi connectivity index (χ0) is 13.2. The maximum atomic E-state index is 6.08. The molecule has 1 atom stereocenters. The van der Waals surface area contributed by atoms with Crippen LogP contribution in [0.4, 0.5) is 5.69 Å². The van der Waals surface area contributed by atoms with Crippen LogP contribution in [0.1, 0.15) is 18.5 Å². The lowest BCUT2D eigenvalue weighted by molar-refractivity contribution is 0.174. The number of nitrogens with one attached hydrogen (secondary N) is 1. The summed E-state index contributed by atoms with van der Waals surface area (Å²) < 4.78 is 10.7. The van der Waals surface area contributed by atoms with Crippen molar-refractivity contribution in [3.63, 3.8) is 0 Å². The van der Waals surface area contributed by atoms with Gasteiger partial charge in [-0.3, -0.25) is 4.98 Å². The van der Waals surface area contributed by atoms with E-state index in [0.717, 1.165) is 22.7 Å². The fourth-order valence-corrected chi connectivity index (χ4v) is 2.17. The van der Waals surface area contributed by atoms with Crippen LogP contribution in [0.5, 0.6) is 11.5 Å². The first-order valence-corrected chi connectivity index (χ1v) is 6.37. The Morgan fingerprint density at radius 1 is 1.26 bits per heavy atom. The summed E-state index contributed by atoms with van der Waals surface area (Å²) >= 11 is 6.08. The van der Waals surface area contributed by atoms with Gasteiger partial charge in [0.25, 0.3) is 0 Å². The lowest BCUT2D eigenvalue weighted by atomic mass is 10.1. The van der Waals surface area contributed by atoms with Crippen LogP contribution in [0, 0.1) is 0 Å². The average molecular weight is 277 g/mol. The minimum Gasteiger partial charge on any atom is -0.454 e. The van der Waals surface area contributed by atoms with E-state index < -0.39 is 0 Å². The summed E-state index contributed by atoms with van der Waals surface area (Å²) in [5.74, 6) is 1.57. The van der Waals surface area contributed by atoms with Crippen LogP contribution in [-0.4, -0.2) is 11.8 Å². The molecule has 0 amide bonds. The smallest absolute Gasteiger partial charge is 0.231 e. The molecule has 0 radical (unpaired) electrons. The highest BCUT2D eigenvalue weighted by atomic mass is 35.5. The summed E-state index contributed by atoms with van der Waals surface area (Å²) in [4.78, 5) is 3.96. The predicted octanol–water partition coefficient (Wildman–Crippen LogP) is 3.64. The summed E-state index contributed by atoms with van der Waals surface area (Å²) in [7, 11) is 0. The SMILES string of the molecule is CC(Nc1ccncc1Cl)c1ccc2c(c1)OCO2. The minimum atomic E-state index is 0.106. The molecule has 0 spiro atoms. The van der Waals surface area contributed by atoms with Crippen LogP contribution in [0.15, 0.2) is 36.7 Å². The second-order valence-electron chi connectivity index (χ2n) is 4.33. The fourth-order valence-electron chi connectivity index (χ4n) is 1.99. The standard InChI is InChI=1S/C14H13ClN2O2/c1-9(17-12-4-5-16-7-11(12)15)10-2-3-13-14(6-10)19-8-18-13/h2-7,9H,8H2,1H3,(H,16,17). The second-order valence-corrected chi connectivity index (χ2v) is 4.74. The zero-order valence-corrected chi connectivity index (χ0v) is 11.1. The third-order valence-corrected chi connectivity index (χ3v) is 3.34. The largest absolute Gasteiger partial charge is 0.454 e. The summed E-state index contributed by atoms with van der Waals surface area (Å²) in [6, 6.07) is 7.87. The van der Waals surface area contributed by atoms with Crippen molar-refractivity contribution in [2.75, 3.05) is 12.1 Å². The van der Waals surface area contributed by atoms with Crippen LogP contribution in [0.3, 0.4) is 0 Å². The van der Waals surface area contributed by atoms with Gasteiger partial charge < -0.3 is 14.8 Å². The number of fused-ring (bicyclic) bond motifs is 1. The molecule has 4 nitrogen and oxygen atoms in total. The zero-order valence-electron chi connectivity index (χ0n) is 10.4. The van der Waals surface area contributed by atoms with Crippen molar-refractivity contribution in [2.24, 2.45) is 0 Å². The molecule has 1 aliphatic rings. The molecule has 0 aliphatic carbocycles. The van der Waals surface area contributed by atoms with Gasteiger partial charge in [0.2, 0.25) is 6.79 Å². The lowest BCUT2D eigenvalue weighted by Gasteiger charge is -2.16. The van der Waals surface area contributed by atoms with E-state index in [1.165, 1.54) is 0 Å². The number of benzene rings is 1. The Balaban J connectivity index is 1.81. The van der Waals surface area contributed by atoms with Crippen LogP contribution < -0.4 is 14.8 Å². The monoisotopic (exact) mass is 276 g/mol. The molecule has 1 unspecified atom stereocenters. The number of aromatic nitrogens is 1. The van der Waals surface area contributed by atoms with E-state index in [0.29, 0.717) is 5.02 Å². The van der Waals surface area contributed by atoms with Crippen molar-refractivity contribution in [1.82, 2.24) is 4.98 Å². The maximum absolute atomic E-state index is 6.08. The van der Waals surface area contributed by atoms with E-state index in [2.05, 4.69) is 17.2 Å². The summed E-state index contributed by atoms with van der Waals surface area (Å²) in [6.07, 6.45) is 3.33. The first kappa shape index (κ1) is 12.1. The van der Waals surface area contributed by atoms with E-state index in [9.17, 15) is 0 Å². The van der Waals surface area contributed by atoms with Gasteiger partial charge in [0.1, 0.15) is 0 Å². The molecule has 19 heavy (non-hydrogen) atoms. The molecule has 0 bridgehead atoms.